The van der Waals surface area contributed by atoms with Crippen LogP contribution in [-0.4, -0.2) is 59.2 Å². The van der Waals surface area contributed by atoms with Crippen LogP contribution in [0.1, 0.15) is 18.7 Å². The van der Waals surface area contributed by atoms with Gasteiger partial charge in [0.1, 0.15) is 17.5 Å². The number of hydrogen-bond acceptors (Lipinski definition) is 7. The summed E-state index contributed by atoms with van der Waals surface area (Å²) in [5.41, 5.74) is 0. The van der Waals surface area contributed by atoms with Gasteiger partial charge < -0.3 is 14.7 Å². The van der Waals surface area contributed by atoms with Gasteiger partial charge in [0.15, 0.2) is 0 Å². The lowest BCUT2D eigenvalue weighted by molar-refractivity contribution is 0.633. The molecule has 2 aliphatic rings. The Morgan fingerprint density at radius 3 is 1.92 bits per heavy atom. The molecule has 4 rings (SSSR count). The maximum atomic E-state index is 4.67. The van der Waals surface area contributed by atoms with Crippen molar-refractivity contribution >= 4 is 17.6 Å². The zero-order valence-corrected chi connectivity index (χ0v) is 14.1. The molecule has 0 saturated carbocycles. The highest BCUT2D eigenvalue weighted by Crippen LogP contribution is 2.23. The van der Waals surface area contributed by atoms with E-state index in [1.165, 1.54) is 12.8 Å². The van der Waals surface area contributed by atoms with Crippen molar-refractivity contribution in [2.24, 2.45) is 0 Å². The summed E-state index contributed by atoms with van der Waals surface area (Å²) in [4.78, 5) is 24.9. The average molecular weight is 325 g/mol. The summed E-state index contributed by atoms with van der Waals surface area (Å²) in [6.07, 6.45) is 6.11. The molecule has 2 saturated heterocycles. The van der Waals surface area contributed by atoms with Crippen LogP contribution in [0.2, 0.25) is 0 Å². The smallest absolute Gasteiger partial charge is 0.225 e. The monoisotopic (exact) mass is 325 g/mol. The minimum atomic E-state index is 0.814. The first-order valence-corrected chi connectivity index (χ1v) is 8.67. The maximum Gasteiger partial charge on any atom is 0.225 e. The normalized spacial score (nSPS) is 18.3. The van der Waals surface area contributed by atoms with Crippen molar-refractivity contribution in [3.63, 3.8) is 0 Å². The number of anilines is 3. The van der Waals surface area contributed by atoms with E-state index in [-0.39, 0.29) is 0 Å². The van der Waals surface area contributed by atoms with Crippen LogP contribution in [-0.2, 0) is 0 Å². The fourth-order valence-electron chi connectivity index (χ4n) is 3.40. The molecule has 0 spiro atoms. The molecular formula is C17H23N7. The predicted octanol–water partition coefficient (Wildman–Crippen LogP) is 1.50. The molecule has 0 amide bonds. The van der Waals surface area contributed by atoms with Gasteiger partial charge in [-0.25, -0.2) is 19.9 Å². The zero-order chi connectivity index (χ0) is 16.4. The molecule has 2 aliphatic heterocycles. The summed E-state index contributed by atoms with van der Waals surface area (Å²) in [6, 6.07) is 4.00. The largest absolute Gasteiger partial charge is 0.356 e. The van der Waals surface area contributed by atoms with E-state index in [0.717, 1.165) is 62.7 Å². The highest BCUT2D eigenvalue weighted by molar-refractivity contribution is 5.52. The zero-order valence-electron chi connectivity index (χ0n) is 14.1. The fraction of sp³-hybridized carbons (Fsp3) is 0.529. The third-order valence-electron chi connectivity index (χ3n) is 4.68. The molecule has 7 heteroatoms. The molecule has 2 fully saturated rings. The van der Waals surface area contributed by atoms with Crippen molar-refractivity contribution in [2.75, 3.05) is 54.0 Å². The minimum absolute atomic E-state index is 0.814. The van der Waals surface area contributed by atoms with Crippen LogP contribution in [0.15, 0.2) is 24.5 Å². The molecule has 0 radical (unpaired) electrons. The van der Waals surface area contributed by atoms with E-state index in [9.17, 15) is 0 Å². The van der Waals surface area contributed by atoms with E-state index in [0.29, 0.717) is 0 Å². The van der Waals surface area contributed by atoms with Gasteiger partial charge in [-0.2, -0.15) is 0 Å². The molecule has 2 aromatic heterocycles. The van der Waals surface area contributed by atoms with Gasteiger partial charge in [0.2, 0.25) is 5.95 Å². The number of rotatable bonds is 3. The van der Waals surface area contributed by atoms with Gasteiger partial charge >= 0.3 is 0 Å². The van der Waals surface area contributed by atoms with Crippen molar-refractivity contribution in [1.29, 1.82) is 0 Å². The lowest BCUT2D eigenvalue weighted by Gasteiger charge is -2.35. The van der Waals surface area contributed by atoms with Crippen molar-refractivity contribution < 1.29 is 0 Å². The van der Waals surface area contributed by atoms with Crippen LogP contribution in [0.5, 0.6) is 0 Å². The van der Waals surface area contributed by atoms with Gasteiger partial charge in [-0.1, -0.05) is 0 Å². The van der Waals surface area contributed by atoms with Crippen LogP contribution in [0, 0.1) is 6.92 Å². The molecule has 7 nitrogen and oxygen atoms in total. The van der Waals surface area contributed by atoms with Gasteiger partial charge in [0, 0.05) is 57.7 Å². The third-order valence-corrected chi connectivity index (χ3v) is 4.68. The molecular weight excluding hydrogens is 302 g/mol. The number of nitrogens with zero attached hydrogens (tertiary/aromatic N) is 7. The fourth-order valence-corrected chi connectivity index (χ4v) is 3.40. The number of hydrogen-bond donors (Lipinski definition) is 0. The second-order valence-corrected chi connectivity index (χ2v) is 6.35. The highest BCUT2D eigenvalue weighted by Gasteiger charge is 2.22. The molecule has 4 heterocycles. The average Bonchev–Trinajstić information content (AvgIpc) is 3.17. The Morgan fingerprint density at radius 2 is 1.29 bits per heavy atom. The summed E-state index contributed by atoms with van der Waals surface area (Å²) in [5, 5.41) is 0. The first kappa shape index (κ1) is 15.1. The summed E-state index contributed by atoms with van der Waals surface area (Å²) in [7, 11) is 0. The Bertz CT molecular complexity index is 677. The summed E-state index contributed by atoms with van der Waals surface area (Å²) in [5.74, 6) is 3.78. The molecule has 24 heavy (non-hydrogen) atoms. The number of aromatic nitrogens is 4. The molecule has 0 N–H and O–H groups in total. The third kappa shape index (κ3) is 3.11. The highest BCUT2D eigenvalue weighted by atomic mass is 15.3. The summed E-state index contributed by atoms with van der Waals surface area (Å²) >= 11 is 0. The van der Waals surface area contributed by atoms with Gasteiger partial charge in [-0.05, 0) is 25.8 Å². The van der Waals surface area contributed by atoms with Crippen molar-refractivity contribution in [2.45, 2.75) is 19.8 Å². The Kier molecular flexibility index (Phi) is 4.15. The van der Waals surface area contributed by atoms with E-state index in [1.54, 1.807) is 12.4 Å². The Balaban J connectivity index is 1.47. The Labute approximate surface area is 142 Å². The molecule has 2 aromatic rings. The Morgan fingerprint density at radius 1 is 0.750 bits per heavy atom. The summed E-state index contributed by atoms with van der Waals surface area (Å²) < 4.78 is 0. The quantitative estimate of drug-likeness (QED) is 0.847. The van der Waals surface area contributed by atoms with Gasteiger partial charge in [0.25, 0.3) is 0 Å². The molecule has 0 atom stereocenters. The lowest BCUT2D eigenvalue weighted by atomic mass is 10.3. The van der Waals surface area contributed by atoms with Crippen molar-refractivity contribution in [1.82, 2.24) is 19.9 Å². The molecule has 0 aliphatic carbocycles. The van der Waals surface area contributed by atoms with Crippen LogP contribution < -0.4 is 14.7 Å². The van der Waals surface area contributed by atoms with Gasteiger partial charge in [0.05, 0.1) is 0 Å². The van der Waals surface area contributed by atoms with E-state index in [2.05, 4.69) is 40.7 Å². The van der Waals surface area contributed by atoms with E-state index < -0.39 is 0 Å². The van der Waals surface area contributed by atoms with Gasteiger partial charge in [-0.3, -0.25) is 0 Å². The SMILES string of the molecule is Cc1nc(N2CCCC2)cc(N2CCN(c3ncccn3)CC2)n1. The van der Waals surface area contributed by atoms with Crippen molar-refractivity contribution in [3.8, 4) is 0 Å². The minimum Gasteiger partial charge on any atom is -0.356 e. The standard InChI is InChI=1S/C17H23N7/c1-14-20-15(22-7-2-3-8-22)13-16(21-14)23-9-11-24(12-10-23)17-18-5-4-6-19-17/h4-6,13H,2-3,7-12H2,1H3. The number of piperazine rings is 1. The topological polar surface area (TPSA) is 61.3 Å². The van der Waals surface area contributed by atoms with E-state index in [1.807, 2.05) is 13.0 Å². The van der Waals surface area contributed by atoms with Crippen LogP contribution in [0.25, 0.3) is 0 Å². The van der Waals surface area contributed by atoms with Gasteiger partial charge in [-0.15, -0.1) is 0 Å². The number of aryl methyl sites for hydroxylation is 1. The molecule has 0 aromatic carbocycles. The second kappa shape index (κ2) is 6.59. The molecule has 126 valence electrons. The first-order chi connectivity index (χ1) is 11.8. The van der Waals surface area contributed by atoms with Crippen LogP contribution in [0.3, 0.4) is 0 Å². The first-order valence-electron chi connectivity index (χ1n) is 8.67. The van der Waals surface area contributed by atoms with E-state index >= 15 is 0 Å². The molecule has 0 unspecified atom stereocenters. The molecule has 0 bridgehead atoms. The maximum absolute atomic E-state index is 4.67. The summed E-state index contributed by atoms with van der Waals surface area (Å²) in [6.45, 7) is 7.86. The van der Waals surface area contributed by atoms with Crippen molar-refractivity contribution in [3.05, 3.63) is 30.4 Å². The van der Waals surface area contributed by atoms with E-state index in [4.69, 9.17) is 0 Å². The van der Waals surface area contributed by atoms with Crippen LogP contribution >= 0.6 is 0 Å². The van der Waals surface area contributed by atoms with Crippen LogP contribution in [0.4, 0.5) is 17.6 Å². The predicted molar refractivity (Wildman–Crippen MR) is 94.7 cm³/mol. The Hall–Kier alpha value is -2.44. The second-order valence-electron chi connectivity index (χ2n) is 6.35. The lowest BCUT2D eigenvalue weighted by Crippen LogP contribution is -2.47.